The van der Waals surface area contributed by atoms with Gasteiger partial charge < -0.3 is 25.6 Å². The van der Waals surface area contributed by atoms with Crippen LogP contribution in [0.1, 0.15) is 60.8 Å². The third-order valence-corrected chi connectivity index (χ3v) is 5.14. The van der Waals surface area contributed by atoms with E-state index in [2.05, 4.69) is 10.6 Å². The maximum Gasteiger partial charge on any atom is 0.407 e. The van der Waals surface area contributed by atoms with Gasteiger partial charge >= 0.3 is 12.1 Å². The van der Waals surface area contributed by atoms with Crippen molar-refractivity contribution in [3.8, 4) is 0 Å². The SMILES string of the molecule is CCC(CC)[C@@H](NC(C)=O)[C@@H]1[C@H](O)[C@@H](C(=O)O)C[C@H]1NC(=O)OC(C)(C)C. The van der Waals surface area contributed by atoms with Gasteiger partial charge in [-0.05, 0) is 33.1 Å². The summed E-state index contributed by atoms with van der Waals surface area (Å²) in [6.07, 6.45) is -0.263. The summed E-state index contributed by atoms with van der Waals surface area (Å²) in [5.41, 5.74) is -0.699. The topological polar surface area (TPSA) is 125 Å². The average molecular weight is 386 g/mol. The Labute approximate surface area is 161 Å². The van der Waals surface area contributed by atoms with Gasteiger partial charge in [0.1, 0.15) is 5.60 Å². The molecule has 1 aliphatic carbocycles. The number of carbonyl (C=O) groups is 3. The van der Waals surface area contributed by atoms with Gasteiger partial charge in [-0.1, -0.05) is 26.7 Å². The molecule has 4 N–H and O–H groups in total. The van der Waals surface area contributed by atoms with Crippen molar-refractivity contribution in [2.24, 2.45) is 17.8 Å². The van der Waals surface area contributed by atoms with E-state index in [0.29, 0.717) is 0 Å². The highest BCUT2D eigenvalue weighted by Crippen LogP contribution is 2.38. The van der Waals surface area contributed by atoms with Crippen LogP contribution in [0.4, 0.5) is 4.79 Å². The number of carboxylic acid groups (broad SMARTS) is 1. The monoisotopic (exact) mass is 386 g/mol. The molecule has 0 aromatic heterocycles. The molecule has 8 nitrogen and oxygen atoms in total. The van der Waals surface area contributed by atoms with Gasteiger partial charge in [-0.15, -0.1) is 0 Å². The van der Waals surface area contributed by atoms with Gasteiger partial charge in [-0.25, -0.2) is 4.79 Å². The summed E-state index contributed by atoms with van der Waals surface area (Å²) in [5, 5.41) is 25.8. The Morgan fingerprint density at radius 2 is 1.74 bits per heavy atom. The number of hydrogen-bond acceptors (Lipinski definition) is 5. The van der Waals surface area contributed by atoms with E-state index in [1.54, 1.807) is 20.8 Å². The van der Waals surface area contributed by atoms with Crippen LogP contribution >= 0.6 is 0 Å². The minimum atomic E-state index is -1.18. The lowest BCUT2D eigenvalue weighted by Gasteiger charge is -2.36. The Morgan fingerprint density at radius 3 is 2.15 bits per heavy atom. The van der Waals surface area contributed by atoms with Crippen molar-refractivity contribution in [1.29, 1.82) is 0 Å². The van der Waals surface area contributed by atoms with E-state index in [1.165, 1.54) is 6.92 Å². The maximum absolute atomic E-state index is 12.2. The molecule has 1 fully saturated rings. The maximum atomic E-state index is 12.2. The summed E-state index contributed by atoms with van der Waals surface area (Å²) in [5.74, 6) is -2.96. The van der Waals surface area contributed by atoms with Gasteiger partial charge in [0.15, 0.2) is 0 Å². The first-order valence-electron chi connectivity index (χ1n) is 9.58. The zero-order valence-corrected chi connectivity index (χ0v) is 17.1. The fraction of sp³-hybridized carbons (Fsp3) is 0.842. The second-order valence-electron chi connectivity index (χ2n) is 8.30. The Morgan fingerprint density at radius 1 is 1.19 bits per heavy atom. The lowest BCUT2D eigenvalue weighted by molar-refractivity contribution is -0.145. The van der Waals surface area contributed by atoms with Crippen LogP contribution in [0.5, 0.6) is 0 Å². The minimum absolute atomic E-state index is 0.0454. The molecule has 0 aliphatic heterocycles. The fourth-order valence-electron chi connectivity index (χ4n) is 3.96. The largest absolute Gasteiger partial charge is 0.481 e. The molecular weight excluding hydrogens is 352 g/mol. The normalized spacial score (nSPS) is 26.5. The first-order chi connectivity index (χ1) is 12.4. The van der Waals surface area contributed by atoms with E-state index in [4.69, 9.17) is 4.74 Å². The van der Waals surface area contributed by atoms with E-state index in [1.807, 2.05) is 13.8 Å². The van der Waals surface area contributed by atoms with Gasteiger partial charge in [0.05, 0.1) is 12.0 Å². The number of alkyl carbamates (subject to hydrolysis) is 1. The van der Waals surface area contributed by atoms with Gasteiger partial charge in [-0.3, -0.25) is 9.59 Å². The Bertz CT molecular complexity index is 541. The third kappa shape index (κ3) is 6.37. The van der Waals surface area contributed by atoms with Crippen LogP contribution in [-0.4, -0.2) is 52.0 Å². The van der Waals surface area contributed by atoms with Crippen molar-refractivity contribution < 1.29 is 29.3 Å². The van der Waals surface area contributed by atoms with Gasteiger partial charge in [0.25, 0.3) is 0 Å². The van der Waals surface area contributed by atoms with Crippen molar-refractivity contribution in [3.63, 3.8) is 0 Å². The van der Waals surface area contributed by atoms with Crippen LogP contribution in [0.2, 0.25) is 0 Å². The number of aliphatic hydroxyl groups is 1. The lowest BCUT2D eigenvalue weighted by atomic mass is 9.80. The van der Waals surface area contributed by atoms with Crippen molar-refractivity contribution >= 4 is 18.0 Å². The van der Waals surface area contributed by atoms with Crippen LogP contribution in [0, 0.1) is 17.8 Å². The molecule has 1 rings (SSSR count). The first kappa shape index (κ1) is 23.2. The number of ether oxygens (including phenoxy) is 1. The van der Waals surface area contributed by atoms with E-state index in [0.717, 1.165) is 12.8 Å². The smallest absolute Gasteiger partial charge is 0.407 e. The number of amides is 2. The highest BCUT2D eigenvalue weighted by atomic mass is 16.6. The molecule has 0 aromatic rings. The standard InChI is InChI=1S/C19H34N2O6/c1-7-11(8-2)15(20-10(3)22)14-13(9-12(16(14)23)17(24)25)21-18(26)27-19(4,5)6/h11-16,23H,7-9H2,1-6H3,(H,20,22)(H,21,26)(H,24,25)/t12-,13+,14+,15+,16+/m0/s1. The summed E-state index contributed by atoms with van der Waals surface area (Å²) in [6.45, 7) is 10.6. The molecule has 0 saturated heterocycles. The van der Waals surface area contributed by atoms with Crippen LogP contribution < -0.4 is 10.6 Å². The van der Waals surface area contributed by atoms with Gasteiger partial charge in [0, 0.05) is 24.9 Å². The zero-order chi connectivity index (χ0) is 20.9. The number of hydrogen-bond donors (Lipinski definition) is 4. The molecule has 8 heteroatoms. The summed E-state index contributed by atoms with van der Waals surface area (Å²) in [4.78, 5) is 35.6. The molecule has 0 aromatic carbocycles. The second-order valence-corrected chi connectivity index (χ2v) is 8.30. The molecule has 0 bridgehead atoms. The van der Waals surface area contributed by atoms with Crippen LogP contribution in [0.25, 0.3) is 0 Å². The summed E-state index contributed by atoms with van der Waals surface area (Å²) in [6, 6.07) is -1.06. The van der Waals surface area contributed by atoms with E-state index < -0.39 is 47.7 Å². The summed E-state index contributed by atoms with van der Waals surface area (Å²) in [7, 11) is 0. The third-order valence-electron chi connectivity index (χ3n) is 5.14. The molecule has 0 unspecified atom stereocenters. The predicted molar refractivity (Wildman–Crippen MR) is 100 cm³/mol. The Hall–Kier alpha value is -1.83. The van der Waals surface area contributed by atoms with Crippen LogP contribution in [0.15, 0.2) is 0 Å². The summed E-state index contributed by atoms with van der Waals surface area (Å²) >= 11 is 0. The van der Waals surface area contributed by atoms with Gasteiger partial charge in [-0.2, -0.15) is 0 Å². The van der Waals surface area contributed by atoms with E-state index >= 15 is 0 Å². The fourth-order valence-corrected chi connectivity index (χ4v) is 3.96. The van der Waals surface area contributed by atoms with Crippen LogP contribution in [-0.2, 0) is 14.3 Å². The zero-order valence-electron chi connectivity index (χ0n) is 17.1. The molecule has 5 atom stereocenters. The molecule has 2 amide bonds. The lowest BCUT2D eigenvalue weighted by Crippen LogP contribution is -2.54. The van der Waals surface area contributed by atoms with Crippen molar-refractivity contribution in [2.75, 3.05) is 0 Å². The van der Waals surface area contributed by atoms with E-state index in [9.17, 15) is 24.6 Å². The van der Waals surface area contributed by atoms with Gasteiger partial charge in [0.2, 0.25) is 5.91 Å². The molecular formula is C19H34N2O6. The number of carboxylic acids is 1. The Balaban J connectivity index is 3.17. The number of carbonyl (C=O) groups excluding carboxylic acids is 2. The van der Waals surface area contributed by atoms with Crippen molar-refractivity contribution in [3.05, 3.63) is 0 Å². The molecule has 1 aliphatic rings. The number of nitrogens with one attached hydrogen (secondary N) is 2. The average Bonchev–Trinajstić information content (AvgIpc) is 2.81. The molecule has 0 spiro atoms. The summed E-state index contributed by atoms with van der Waals surface area (Å²) < 4.78 is 5.29. The molecule has 0 radical (unpaired) electrons. The highest BCUT2D eigenvalue weighted by molar-refractivity contribution is 5.74. The molecule has 0 heterocycles. The molecule has 156 valence electrons. The number of aliphatic carboxylic acids is 1. The minimum Gasteiger partial charge on any atom is -0.481 e. The highest BCUT2D eigenvalue weighted by Gasteiger charge is 2.51. The Kier molecular flexibility index (Phi) is 8.07. The predicted octanol–water partition coefficient (Wildman–Crippen LogP) is 1.90. The molecule has 1 saturated carbocycles. The van der Waals surface area contributed by atoms with Crippen molar-refractivity contribution in [2.45, 2.75) is 84.6 Å². The quantitative estimate of drug-likeness (QED) is 0.530. The second kappa shape index (κ2) is 9.39. The van der Waals surface area contributed by atoms with Crippen molar-refractivity contribution in [1.82, 2.24) is 10.6 Å². The van der Waals surface area contributed by atoms with Crippen LogP contribution in [0.3, 0.4) is 0 Å². The number of rotatable bonds is 7. The first-order valence-corrected chi connectivity index (χ1v) is 9.58. The molecule has 27 heavy (non-hydrogen) atoms. The van der Waals surface area contributed by atoms with E-state index in [-0.39, 0.29) is 18.2 Å². The number of aliphatic hydroxyl groups excluding tert-OH is 1.